The summed E-state index contributed by atoms with van der Waals surface area (Å²) in [5.74, 6) is 0. The maximum Gasteiger partial charge on any atom is 0.417 e. The van der Waals surface area contributed by atoms with Crippen LogP contribution in [-0.2, 0) is 21.9 Å². The Morgan fingerprint density at radius 3 is 2.43 bits per heavy atom. The maximum absolute atomic E-state index is 12.6. The Morgan fingerprint density at radius 1 is 1.24 bits per heavy atom. The first-order chi connectivity index (χ1) is 9.75. The standard InChI is InChI=1S/C14H17ClF3O2Si/c1-21(2)20-11-6-10(7-11)19-8-9-3-4-12(13(15)5-9)14(16,17)18/h3-5,10-11H,6-8H2,1-2H3. The highest BCUT2D eigenvalue weighted by Crippen LogP contribution is 2.35. The molecular formula is C14H17ClF3O2Si. The van der Waals surface area contributed by atoms with E-state index in [1.807, 2.05) is 0 Å². The molecule has 1 aromatic rings. The average molecular weight is 338 g/mol. The van der Waals surface area contributed by atoms with Gasteiger partial charge in [0, 0.05) is 6.10 Å². The first-order valence-corrected chi connectivity index (χ1v) is 9.48. The Bertz CT molecular complexity index is 488. The van der Waals surface area contributed by atoms with Crippen molar-refractivity contribution in [1.29, 1.82) is 0 Å². The number of rotatable bonds is 5. The van der Waals surface area contributed by atoms with Gasteiger partial charge in [0.15, 0.2) is 0 Å². The van der Waals surface area contributed by atoms with Crippen molar-refractivity contribution in [1.82, 2.24) is 0 Å². The summed E-state index contributed by atoms with van der Waals surface area (Å²) in [5, 5.41) is -0.289. The van der Waals surface area contributed by atoms with Crippen molar-refractivity contribution in [2.24, 2.45) is 0 Å². The average Bonchev–Trinajstić information content (AvgIpc) is 2.29. The van der Waals surface area contributed by atoms with Crippen LogP contribution in [-0.4, -0.2) is 21.2 Å². The lowest BCUT2D eigenvalue weighted by molar-refractivity contribution is -0.137. The van der Waals surface area contributed by atoms with Gasteiger partial charge in [0.25, 0.3) is 0 Å². The van der Waals surface area contributed by atoms with Crippen LogP contribution in [0.4, 0.5) is 13.2 Å². The van der Waals surface area contributed by atoms with Crippen LogP contribution in [0.1, 0.15) is 24.0 Å². The Kier molecular flexibility index (Phi) is 5.35. The number of benzene rings is 1. The summed E-state index contributed by atoms with van der Waals surface area (Å²) in [5.41, 5.74) is -0.168. The third kappa shape index (κ3) is 4.71. The topological polar surface area (TPSA) is 18.5 Å². The molecule has 0 heterocycles. The first-order valence-electron chi connectivity index (χ1n) is 6.69. The molecule has 1 radical (unpaired) electrons. The quantitative estimate of drug-likeness (QED) is 0.727. The summed E-state index contributed by atoms with van der Waals surface area (Å²) in [6.45, 7) is 4.44. The van der Waals surface area contributed by atoms with Crippen molar-refractivity contribution >= 4 is 20.6 Å². The second-order valence-corrected chi connectivity index (χ2v) is 7.82. The van der Waals surface area contributed by atoms with Gasteiger partial charge in [-0.05, 0) is 43.6 Å². The summed E-state index contributed by atoms with van der Waals surface area (Å²) >= 11 is 5.67. The molecule has 0 aliphatic heterocycles. The maximum atomic E-state index is 12.6. The van der Waals surface area contributed by atoms with E-state index in [-0.39, 0.29) is 23.8 Å². The van der Waals surface area contributed by atoms with Crippen molar-refractivity contribution in [2.45, 2.75) is 50.9 Å². The molecule has 0 spiro atoms. The zero-order valence-corrected chi connectivity index (χ0v) is 13.6. The summed E-state index contributed by atoms with van der Waals surface area (Å²) in [4.78, 5) is 0. The fraction of sp³-hybridized carbons (Fsp3) is 0.571. The Morgan fingerprint density at radius 2 is 1.90 bits per heavy atom. The molecule has 117 valence electrons. The molecule has 0 amide bonds. The zero-order chi connectivity index (χ0) is 15.6. The predicted octanol–water partition coefficient (Wildman–Crippen LogP) is 4.67. The Hall–Kier alpha value is -0.563. The minimum absolute atomic E-state index is 0.123. The summed E-state index contributed by atoms with van der Waals surface area (Å²) in [6, 6.07) is 3.72. The summed E-state index contributed by atoms with van der Waals surface area (Å²) in [6.07, 6.45) is -2.32. The van der Waals surface area contributed by atoms with Crippen LogP contribution in [0.3, 0.4) is 0 Å². The number of halogens is 4. The van der Waals surface area contributed by atoms with Crippen LogP contribution in [0.15, 0.2) is 18.2 Å². The van der Waals surface area contributed by atoms with E-state index in [2.05, 4.69) is 13.1 Å². The molecule has 21 heavy (non-hydrogen) atoms. The fourth-order valence-corrected chi connectivity index (χ4v) is 3.34. The molecule has 0 unspecified atom stereocenters. The van der Waals surface area contributed by atoms with Gasteiger partial charge in [-0.25, -0.2) is 0 Å². The van der Waals surface area contributed by atoms with Gasteiger partial charge in [-0.3, -0.25) is 0 Å². The predicted molar refractivity (Wildman–Crippen MR) is 76.6 cm³/mol. The van der Waals surface area contributed by atoms with Crippen molar-refractivity contribution in [3.05, 3.63) is 34.3 Å². The molecule has 2 nitrogen and oxygen atoms in total. The van der Waals surface area contributed by atoms with E-state index < -0.39 is 20.8 Å². The van der Waals surface area contributed by atoms with Crippen LogP contribution >= 0.6 is 11.6 Å². The molecule has 1 fully saturated rings. The van der Waals surface area contributed by atoms with Gasteiger partial charge < -0.3 is 9.16 Å². The van der Waals surface area contributed by atoms with Gasteiger partial charge in [0.05, 0.1) is 23.3 Å². The second kappa shape index (κ2) is 6.69. The Balaban J connectivity index is 1.81. The van der Waals surface area contributed by atoms with E-state index in [0.717, 1.165) is 18.9 Å². The van der Waals surface area contributed by atoms with Gasteiger partial charge in [-0.1, -0.05) is 17.7 Å². The Labute approximate surface area is 128 Å². The van der Waals surface area contributed by atoms with Crippen LogP contribution in [0.5, 0.6) is 0 Å². The highest BCUT2D eigenvalue weighted by Gasteiger charge is 2.33. The lowest BCUT2D eigenvalue weighted by atomic mass is 9.92. The minimum atomic E-state index is -4.42. The lowest BCUT2D eigenvalue weighted by Crippen LogP contribution is -2.39. The van der Waals surface area contributed by atoms with Gasteiger partial charge in [0.2, 0.25) is 9.04 Å². The van der Waals surface area contributed by atoms with Crippen LogP contribution < -0.4 is 0 Å². The van der Waals surface area contributed by atoms with Crippen molar-refractivity contribution in [3.8, 4) is 0 Å². The van der Waals surface area contributed by atoms with E-state index in [9.17, 15) is 13.2 Å². The molecule has 0 N–H and O–H groups in total. The molecule has 1 aromatic carbocycles. The molecule has 0 aromatic heterocycles. The molecule has 1 saturated carbocycles. The normalized spacial score (nSPS) is 22.4. The molecule has 1 aliphatic rings. The molecule has 7 heteroatoms. The van der Waals surface area contributed by atoms with E-state index in [0.29, 0.717) is 5.56 Å². The van der Waals surface area contributed by atoms with Crippen LogP contribution in [0, 0.1) is 0 Å². The smallest absolute Gasteiger partial charge is 0.414 e. The first kappa shape index (κ1) is 16.8. The van der Waals surface area contributed by atoms with Crippen LogP contribution in [0.25, 0.3) is 0 Å². The molecule has 0 bridgehead atoms. The molecule has 2 rings (SSSR count). The number of ether oxygens (including phenoxy) is 1. The van der Waals surface area contributed by atoms with E-state index in [1.54, 1.807) is 0 Å². The zero-order valence-electron chi connectivity index (χ0n) is 11.8. The van der Waals surface area contributed by atoms with Gasteiger partial charge in [0.1, 0.15) is 0 Å². The highest BCUT2D eigenvalue weighted by molar-refractivity contribution is 6.48. The number of hydrogen-bond acceptors (Lipinski definition) is 2. The van der Waals surface area contributed by atoms with Gasteiger partial charge >= 0.3 is 6.18 Å². The number of alkyl halides is 3. The van der Waals surface area contributed by atoms with Crippen LogP contribution in [0.2, 0.25) is 18.1 Å². The fourth-order valence-electron chi connectivity index (χ4n) is 2.18. The molecule has 0 saturated heterocycles. The molecular weight excluding hydrogens is 321 g/mol. The molecule has 0 atom stereocenters. The second-order valence-electron chi connectivity index (χ2n) is 5.36. The highest BCUT2D eigenvalue weighted by atomic mass is 35.5. The third-order valence-electron chi connectivity index (χ3n) is 3.28. The SMILES string of the molecule is C[Si](C)OC1CC(OCc2ccc(C(F)(F)F)c(Cl)c2)C1. The largest absolute Gasteiger partial charge is 0.417 e. The monoisotopic (exact) mass is 337 g/mol. The lowest BCUT2D eigenvalue weighted by Gasteiger charge is -2.36. The van der Waals surface area contributed by atoms with E-state index in [1.165, 1.54) is 12.1 Å². The molecule has 1 aliphatic carbocycles. The van der Waals surface area contributed by atoms with E-state index in [4.69, 9.17) is 20.8 Å². The number of hydrogen-bond donors (Lipinski definition) is 0. The van der Waals surface area contributed by atoms with Gasteiger partial charge in [-0.15, -0.1) is 0 Å². The van der Waals surface area contributed by atoms with Crippen molar-refractivity contribution in [2.75, 3.05) is 0 Å². The van der Waals surface area contributed by atoms with Crippen molar-refractivity contribution < 1.29 is 22.3 Å². The minimum Gasteiger partial charge on any atom is -0.414 e. The van der Waals surface area contributed by atoms with E-state index >= 15 is 0 Å². The third-order valence-corrected chi connectivity index (χ3v) is 4.40. The summed E-state index contributed by atoms with van der Waals surface area (Å²) < 4.78 is 49.1. The summed E-state index contributed by atoms with van der Waals surface area (Å²) in [7, 11) is -0.688. The van der Waals surface area contributed by atoms with Crippen molar-refractivity contribution in [3.63, 3.8) is 0 Å². The van der Waals surface area contributed by atoms with Gasteiger partial charge in [-0.2, -0.15) is 13.2 Å².